The van der Waals surface area contributed by atoms with Gasteiger partial charge in [-0.25, -0.2) is 4.39 Å². The van der Waals surface area contributed by atoms with E-state index in [1.165, 1.54) is 17.3 Å². The molecule has 0 saturated carbocycles. The molecule has 0 bridgehead atoms. The summed E-state index contributed by atoms with van der Waals surface area (Å²) >= 11 is 0. The number of hydrogen-bond acceptors (Lipinski definition) is 2. The van der Waals surface area contributed by atoms with Gasteiger partial charge >= 0.3 is 0 Å². The summed E-state index contributed by atoms with van der Waals surface area (Å²) in [6.07, 6.45) is 1.99. The van der Waals surface area contributed by atoms with Crippen molar-refractivity contribution in [3.8, 4) is 17.2 Å². The maximum atomic E-state index is 14.1. The van der Waals surface area contributed by atoms with Crippen molar-refractivity contribution < 1.29 is 13.9 Å². The first kappa shape index (κ1) is 21.1. The second-order valence-electron chi connectivity index (χ2n) is 7.87. The summed E-state index contributed by atoms with van der Waals surface area (Å²) in [7, 11) is -1.53. The van der Waals surface area contributed by atoms with Gasteiger partial charge in [0.2, 0.25) is 0 Å². The molecule has 0 radical (unpaired) electrons. The minimum absolute atomic E-state index is 0.289. The third kappa shape index (κ3) is 5.94. The molecular weight excluding hydrogens is 379 g/mol. The van der Waals surface area contributed by atoms with Gasteiger partial charge in [0.25, 0.3) is 0 Å². The second kappa shape index (κ2) is 9.75. The van der Waals surface area contributed by atoms with Crippen molar-refractivity contribution in [1.82, 2.24) is 0 Å². The lowest BCUT2D eigenvalue weighted by molar-refractivity contribution is 0.340. The van der Waals surface area contributed by atoms with E-state index in [2.05, 4.69) is 37.4 Å². The van der Waals surface area contributed by atoms with E-state index in [4.69, 9.17) is 9.47 Å². The first-order chi connectivity index (χ1) is 14.0. The van der Waals surface area contributed by atoms with Crippen LogP contribution in [0.5, 0.6) is 17.2 Å². The number of benzene rings is 3. The van der Waals surface area contributed by atoms with Crippen LogP contribution in [0.4, 0.5) is 4.39 Å². The van der Waals surface area contributed by atoms with Gasteiger partial charge in [0.15, 0.2) is 11.6 Å². The quantitative estimate of drug-likeness (QED) is 0.373. The van der Waals surface area contributed by atoms with Gasteiger partial charge in [-0.3, -0.25) is 0 Å². The molecule has 0 heterocycles. The average molecular weight is 409 g/mol. The Balaban J connectivity index is 1.60. The third-order valence-corrected chi connectivity index (χ3v) is 8.68. The summed E-state index contributed by atoms with van der Waals surface area (Å²) in [4.78, 5) is 0. The van der Waals surface area contributed by atoms with E-state index in [0.29, 0.717) is 12.4 Å². The van der Waals surface area contributed by atoms with Crippen molar-refractivity contribution in [1.29, 1.82) is 0 Å². The minimum Gasteiger partial charge on any atom is -0.494 e. The Morgan fingerprint density at radius 3 is 2.28 bits per heavy atom. The SMILES string of the molecule is CCOc1ccc([Si](C)(C)CCCc2ccc(F)c(Oc3ccccc3)c2)cc1. The van der Waals surface area contributed by atoms with Gasteiger partial charge in [-0.05, 0) is 55.3 Å². The van der Waals surface area contributed by atoms with E-state index in [0.717, 1.165) is 24.2 Å². The normalized spacial score (nSPS) is 11.3. The fraction of sp³-hybridized carbons (Fsp3) is 0.280. The molecule has 2 nitrogen and oxygen atoms in total. The van der Waals surface area contributed by atoms with Crippen molar-refractivity contribution in [2.24, 2.45) is 0 Å². The predicted octanol–water partition coefficient (Wildman–Crippen LogP) is 6.56. The number of hydrogen-bond donors (Lipinski definition) is 0. The van der Waals surface area contributed by atoms with Crippen LogP contribution in [-0.4, -0.2) is 14.7 Å². The van der Waals surface area contributed by atoms with Crippen molar-refractivity contribution >= 4 is 13.3 Å². The maximum absolute atomic E-state index is 14.1. The Hall–Kier alpha value is -2.59. The van der Waals surface area contributed by atoms with Gasteiger partial charge in [-0.15, -0.1) is 0 Å². The molecule has 3 rings (SSSR count). The molecule has 29 heavy (non-hydrogen) atoms. The largest absolute Gasteiger partial charge is 0.494 e. The van der Waals surface area contributed by atoms with Crippen LogP contribution in [0.2, 0.25) is 19.1 Å². The number of rotatable bonds is 9. The van der Waals surface area contributed by atoms with Crippen LogP contribution in [0.3, 0.4) is 0 Å². The van der Waals surface area contributed by atoms with E-state index in [1.807, 2.05) is 49.4 Å². The smallest absolute Gasteiger partial charge is 0.165 e. The number of para-hydroxylation sites is 1. The molecule has 152 valence electrons. The molecule has 0 unspecified atom stereocenters. The molecule has 0 spiro atoms. The van der Waals surface area contributed by atoms with Crippen LogP contribution in [0.25, 0.3) is 0 Å². The zero-order valence-corrected chi connectivity index (χ0v) is 18.5. The number of aryl methyl sites for hydroxylation is 1. The summed E-state index contributed by atoms with van der Waals surface area (Å²) in [5.41, 5.74) is 1.11. The summed E-state index contributed by atoms with van der Waals surface area (Å²) in [6.45, 7) is 7.49. The van der Waals surface area contributed by atoms with Crippen molar-refractivity contribution in [2.45, 2.75) is 38.9 Å². The molecule has 0 N–H and O–H groups in total. The Labute approximate surface area is 174 Å². The van der Waals surface area contributed by atoms with Gasteiger partial charge in [0, 0.05) is 0 Å². The molecule has 0 atom stereocenters. The molecule has 0 saturated heterocycles. The molecular formula is C25H29FO2Si. The highest BCUT2D eigenvalue weighted by molar-refractivity contribution is 6.89. The molecule has 4 heteroatoms. The van der Waals surface area contributed by atoms with Crippen LogP contribution >= 0.6 is 0 Å². The monoisotopic (exact) mass is 408 g/mol. The molecule has 0 aliphatic carbocycles. The first-order valence-electron chi connectivity index (χ1n) is 10.2. The number of halogens is 1. The van der Waals surface area contributed by atoms with Gasteiger partial charge < -0.3 is 9.47 Å². The summed E-state index contributed by atoms with van der Waals surface area (Å²) in [5, 5.41) is 1.44. The second-order valence-corrected chi connectivity index (χ2v) is 12.7. The Kier molecular flexibility index (Phi) is 7.10. The highest BCUT2D eigenvalue weighted by Gasteiger charge is 2.22. The van der Waals surface area contributed by atoms with Gasteiger partial charge in [-0.1, -0.05) is 67.1 Å². The van der Waals surface area contributed by atoms with E-state index < -0.39 is 8.07 Å². The zero-order valence-electron chi connectivity index (χ0n) is 17.5. The van der Waals surface area contributed by atoms with Crippen LogP contribution in [0.1, 0.15) is 18.9 Å². The summed E-state index contributed by atoms with van der Waals surface area (Å²) in [6, 6.07) is 24.3. The fourth-order valence-corrected chi connectivity index (χ4v) is 5.86. The topological polar surface area (TPSA) is 18.5 Å². The van der Waals surface area contributed by atoms with Crippen molar-refractivity contribution in [3.63, 3.8) is 0 Å². The zero-order chi connectivity index (χ0) is 20.7. The standard InChI is InChI=1S/C25H29FO2Si/c1-4-27-21-13-15-23(16-14-21)29(2,3)18-8-9-20-12-17-24(26)25(19-20)28-22-10-6-5-7-11-22/h5-7,10-17,19H,4,8-9,18H2,1-3H3. The lowest BCUT2D eigenvalue weighted by Gasteiger charge is -2.23. The lowest BCUT2D eigenvalue weighted by Crippen LogP contribution is -2.41. The van der Waals surface area contributed by atoms with Gasteiger partial charge in [0.05, 0.1) is 14.7 Å². The predicted molar refractivity (Wildman–Crippen MR) is 121 cm³/mol. The fourth-order valence-electron chi connectivity index (χ4n) is 3.44. The van der Waals surface area contributed by atoms with Gasteiger partial charge in [-0.2, -0.15) is 0 Å². The molecule has 0 fully saturated rings. The van der Waals surface area contributed by atoms with Crippen LogP contribution < -0.4 is 14.7 Å². The third-order valence-electron chi connectivity index (χ3n) is 5.18. The van der Waals surface area contributed by atoms with E-state index >= 15 is 0 Å². The average Bonchev–Trinajstić information content (AvgIpc) is 2.72. The Bertz CT molecular complexity index is 908. The van der Waals surface area contributed by atoms with E-state index in [9.17, 15) is 4.39 Å². The lowest BCUT2D eigenvalue weighted by atomic mass is 10.1. The molecule has 3 aromatic rings. The van der Waals surface area contributed by atoms with Gasteiger partial charge in [0.1, 0.15) is 11.5 Å². The summed E-state index contributed by atoms with van der Waals surface area (Å²) in [5.74, 6) is 1.53. The molecule has 3 aromatic carbocycles. The minimum atomic E-state index is -1.53. The van der Waals surface area contributed by atoms with Crippen LogP contribution in [-0.2, 0) is 6.42 Å². The highest BCUT2D eigenvalue weighted by Crippen LogP contribution is 2.26. The van der Waals surface area contributed by atoms with Crippen molar-refractivity contribution in [2.75, 3.05) is 6.61 Å². The molecule has 0 amide bonds. The van der Waals surface area contributed by atoms with E-state index in [-0.39, 0.29) is 11.6 Å². The highest BCUT2D eigenvalue weighted by atomic mass is 28.3. The molecule has 0 aliphatic rings. The van der Waals surface area contributed by atoms with Crippen LogP contribution in [0, 0.1) is 5.82 Å². The Morgan fingerprint density at radius 2 is 1.59 bits per heavy atom. The first-order valence-corrected chi connectivity index (χ1v) is 13.4. The Morgan fingerprint density at radius 1 is 0.862 bits per heavy atom. The molecule has 0 aromatic heterocycles. The summed E-state index contributed by atoms with van der Waals surface area (Å²) < 4.78 is 25.4. The van der Waals surface area contributed by atoms with E-state index in [1.54, 1.807) is 0 Å². The number of ether oxygens (including phenoxy) is 2. The maximum Gasteiger partial charge on any atom is 0.165 e. The van der Waals surface area contributed by atoms with Crippen LogP contribution in [0.15, 0.2) is 72.8 Å². The molecule has 0 aliphatic heterocycles. The van der Waals surface area contributed by atoms with Crippen molar-refractivity contribution in [3.05, 3.63) is 84.2 Å².